The van der Waals surface area contributed by atoms with Crippen LogP contribution >= 0.6 is 11.6 Å². The zero-order chi connectivity index (χ0) is 26.7. The zero-order valence-electron chi connectivity index (χ0n) is 23.3. The Bertz CT molecular complexity index is 1090. The predicted molar refractivity (Wildman–Crippen MR) is 151 cm³/mol. The molecule has 2 aromatic rings. The fourth-order valence-corrected chi connectivity index (χ4v) is 6.36. The Morgan fingerprint density at radius 1 is 1.16 bits per heavy atom. The maximum absolute atomic E-state index is 13.5. The molecule has 1 aromatic heterocycles. The summed E-state index contributed by atoms with van der Waals surface area (Å²) in [6.45, 7) is 7.43. The molecule has 1 amide bonds. The first kappa shape index (κ1) is 27.6. The molecule has 1 saturated heterocycles. The number of hydrogen-bond donors (Lipinski definition) is 1. The van der Waals surface area contributed by atoms with E-state index in [1.807, 2.05) is 24.7 Å². The molecule has 8 nitrogen and oxygen atoms in total. The molecular weight excluding hydrogens is 488 g/mol. The predicted octanol–water partition coefficient (Wildman–Crippen LogP) is 4.62. The van der Waals surface area contributed by atoms with Gasteiger partial charge in [0.25, 0.3) is 5.91 Å². The van der Waals surface area contributed by atoms with Gasteiger partial charge in [0.1, 0.15) is 5.82 Å². The maximum atomic E-state index is 13.5. The Labute approximate surface area is 226 Å². The molecule has 204 valence electrons. The van der Waals surface area contributed by atoms with Crippen molar-refractivity contribution >= 4 is 29.0 Å². The fourth-order valence-electron chi connectivity index (χ4n) is 6.15. The van der Waals surface area contributed by atoms with Crippen molar-refractivity contribution in [2.45, 2.75) is 71.0 Å². The van der Waals surface area contributed by atoms with Crippen molar-refractivity contribution in [1.29, 1.82) is 0 Å². The van der Waals surface area contributed by atoms with Crippen molar-refractivity contribution in [3.05, 3.63) is 33.8 Å². The first-order valence-corrected chi connectivity index (χ1v) is 14.0. The van der Waals surface area contributed by atoms with Crippen molar-refractivity contribution in [1.82, 2.24) is 20.0 Å². The van der Waals surface area contributed by atoms with Gasteiger partial charge in [-0.25, -0.2) is 4.68 Å². The summed E-state index contributed by atoms with van der Waals surface area (Å²) in [5.41, 5.74) is 3.56. The number of nitrogens with one attached hydrogen (secondary N) is 1. The molecule has 1 N–H and O–H groups in total. The van der Waals surface area contributed by atoms with E-state index in [0.717, 1.165) is 67.9 Å². The Kier molecular flexibility index (Phi) is 8.90. The highest BCUT2D eigenvalue weighted by molar-refractivity contribution is 6.31. The lowest BCUT2D eigenvalue weighted by atomic mass is 9.89. The number of methoxy groups -OCH3 is 1. The van der Waals surface area contributed by atoms with Crippen LogP contribution in [0.2, 0.25) is 5.02 Å². The van der Waals surface area contributed by atoms with Gasteiger partial charge in [0.2, 0.25) is 5.88 Å². The average Bonchev–Trinajstić information content (AvgIpc) is 3.52. The normalized spacial score (nSPS) is 19.9. The molecular formula is C28H43ClN6O2. The lowest BCUT2D eigenvalue weighted by Gasteiger charge is -2.40. The minimum Gasteiger partial charge on any atom is -0.480 e. The van der Waals surface area contributed by atoms with Crippen LogP contribution in [-0.2, 0) is 13.6 Å². The van der Waals surface area contributed by atoms with Crippen LogP contribution in [0.4, 0.5) is 11.5 Å². The van der Waals surface area contributed by atoms with Gasteiger partial charge in [-0.05, 0) is 84.2 Å². The summed E-state index contributed by atoms with van der Waals surface area (Å²) in [6, 6.07) is 4.91. The molecule has 37 heavy (non-hydrogen) atoms. The van der Waals surface area contributed by atoms with E-state index in [9.17, 15) is 4.79 Å². The highest BCUT2D eigenvalue weighted by atomic mass is 35.5. The minimum atomic E-state index is -0.133. The van der Waals surface area contributed by atoms with Gasteiger partial charge in [0, 0.05) is 55.0 Å². The molecule has 2 heterocycles. The van der Waals surface area contributed by atoms with Gasteiger partial charge >= 0.3 is 0 Å². The van der Waals surface area contributed by atoms with Gasteiger partial charge < -0.3 is 24.8 Å². The summed E-state index contributed by atoms with van der Waals surface area (Å²) >= 11 is 6.60. The highest BCUT2D eigenvalue weighted by Gasteiger charge is 2.29. The first-order chi connectivity index (χ1) is 17.7. The van der Waals surface area contributed by atoms with Gasteiger partial charge in [-0.3, -0.25) is 4.79 Å². The molecule has 4 rings (SSSR count). The number of aromatic nitrogens is 2. The van der Waals surface area contributed by atoms with E-state index in [0.29, 0.717) is 35.1 Å². The van der Waals surface area contributed by atoms with E-state index in [1.165, 1.54) is 12.8 Å². The number of carbonyl (C=O) groups excluding carboxylic acids is 1. The summed E-state index contributed by atoms with van der Waals surface area (Å²) < 4.78 is 7.42. The lowest BCUT2D eigenvalue weighted by molar-refractivity contribution is 0.0950. The number of carbonyl (C=O) groups is 1. The number of rotatable bonds is 9. The molecule has 0 unspecified atom stereocenters. The summed E-state index contributed by atoms with van der Waals surface area (Å²) in [5, 5.41) is 8.26. The Balaban J connectivity index is 1.54. The van der Waals surface area contributed by atoms with Crippen molar-refractivity contribution in [2.24, 2.45) is 7.05 Å². The fraction of sp³-hybridized carbons (Fsp3) is 0.643. The van der Waals surface area contributed by atoms with E-state index >= 15 is 0 Å². The third-order valence-electron chi connectivity index (χ3n) is 8.18. The van der Waals surface area contributed by atoms with Crippen molar-refractivity contribution in [2.75, 3.05) is 50.6 Å². The van der Waals surface area contributed by atoms with Crippen LogP contribution in [0.5, 0.6) is 5.88 Å². The molecule has 0 radical (unpaired) electrons. The number of anilines is 2. The Hall–Kier alpha value is -2.45. The van der Waals surface area contributed by atoms with Gasteiger partial charge in [0.15, 0.2) is 0 Å². The van der Waals surface area contributed by atoms with Crippen molar-refractivity contribution in [3.8, 4) is 5.88 Å². The smallest absolute Gasteiger partial charge is 0.251 e. The van der Waals surface area contributed by atoms with Crippen LogP contribution in [0.1, 0.15) is 66.9 Å². The van der Waals surface area contributed by atoms with Crippen LogP contribution < -0.4 is 19.9 Å². The molecule has 2 fully saturated rings. The number of halogens is 1. The van der Waals surface area contributed by atoms with Gasteiger partial charge in [-0.2, -0.15) is 0 Å². The van der Waals surface area contributed by atoms with E-state index in [-0.39, 0.29) is 5.91 Å². The number of hydrogen-bond acceptors (Lipinski definition) is 6. The number of nitrogens with zero attached hydrogens (tertiary/aromatic N) is 5. The first-order valence-electron chi connectivity index (χ1n) is 13.6. The van der Waals surface area contributed by atoms with E-state index < -0.39 is 0 Å². The molecule has 2 aliphatic rings. The minimum absolute atomic E-state index is 0.133. The summed E-state index contributed by atoms with van der Waals surface area (Å²) in [6.07, 6.45) is 6.98. The van der Waals surface area contributed by atoms with E-state index in [1.54, 1.807) is 13.2 Å². The van der Waals surface area contributed by atoms with Crippen LogP contribution in [0.25, 0.3) is 0 Å². The number of ether oxygens (including phenoxy) is 1. The number of benzene rings is 1. The molecule has 0 spiro atoms. The Morgan fingerprint density at radius 2 is 1.81 bits per heavy atom. The topological polar surface area (TPSA) is 65.9 Å². The lowest BCUT2D eigenvalue weighted by Crippen LogP contribution is -2.42. The van der Waals surface area contributed by atoms with Gasteiger partial charge in [0.05, 0.1) is 19.2 Å². The third-order valence-corrected chi connectivity index (χ3v) is 8.40. The molecule has 1 aliphatic heterocycles. The molecule has 0 atom stereocenters. The Morgan fingerprint density at radius 3 is 2.41 bits per heavy atom. The average molecular weight is 531 g/mol. The van der Waals surface area contributed by atoms with E-state index in [4.69, 9.17) is 16.3 Å². The summed E-state index contributed by atoms with van der Waals surface area (Å²) in [7, 11) is 7.90. The zero-order valence-corrected chi connectivity index (χ0v) is 24.1. The largest absolute Gasteiger partial charge is 0.480 e. The maximum Gasteiger partial charge on any atom is 0.251 e. The second kappa shape index (κ2) is 11.9. The standard InChI is InChI=1S/C28H43ClN6O2/c1-7-35(22-12-10-21(11-13-22)32(3)4)25-17-20(29)16-23(19(25)2)26(36)30-18-24-27(37-6)31-33(5)28(24)34-14-8-9-15-34/h16-17,21-22H,7-15,18H2,1-6H3,(H,30,36). The van der Waals surface area contributed by atoms with Crippen LogP contribution in [0.3, 0.4) is 0 Å². The summed E-state index contributed by atoms with van der Waals surface area (Å²) in [4.78, 5) is 20.6. The molecule has 9 heteroatoms. The van der Waals surface area contributed by atoms with Crippen LogP contribution in [0, 0.1) is 6.92 Å². The molecule has 1 aromatic carbocycles. The second-order valence-electron chi connectivity index (χ2n) is 10.6. The molecule has 1 saturated carbocycles. The number of amides is 1. The monoisotopic (exact) mass is 530 g/mol. The SMILES string of the molecule is CCN(c1cc(Cl)cc(C(=O)NCc2c(OC)nn(C)c2N2CCCC2)c1C)C1CCC(N(C)C)CC1. The van der Waals surface area contributed by atoms with Gasteiger partial charge in [-0.1, -0.05) is 11.6 Å². The highest BCUT2D eigenvalue weighted by Crippen LogP contribution is 2.35. The van der Waals surface area contributed by atoms with Crippen LogP contribution in [0.15, 0.2) is 12.1 Å². The quantitative estimate of drug-likeness (QED) is 0.510. The van der Waals surface area contributed by atoms with Crippen molar-refractivity contribution in [3.63, 3.8) is 0 Å². The van der Waals surface area contributed by atoms with Crippen molar-refractivity contribution < 1.29 is 9.53 Å². The van der Waals surface area contributed by atoms with Crippen LogP contribution in [-0.4, -0.2) is 73.5 Å². The number of aryl methyl sites for hydroxylation is 1. The molecule has 0 bridgehead atoms. The second-order valence-corrected chi connectivity index (χ2v) is 11.1. The summed E-state index contributed by atoms with van der Waals surface area (Å²) in [5.74, 6) is 1.44. The van der Waals surface area contributed by atoms with Gasteiger partial charge in [-0.15, -0.1) is 5.10 Å². The third kappa shape index (κ3) is 5.85. The molecule has 1 aliphatic carbocycles. The van der Waals surface area contributed by atoms with E-state index in [2.05, 4.69) is 46.1 Å².